The van der Waals surface area contributed by atoms with E-state index in [1.165, 1.54) is 0 Å². The van der Waals surface area contributed by atoms with Crippen molar-refractivity contribution in [3.8, 4) is 18.2 Å². The van der Waals surface area contributed by atoms with E-state index in [0.29, 0.717) is 5.56 Å². The van der Waals surface area contributed by atoms with Gasteiger partial charge in [0.25, 0.3) is 0 Å². The van der Waals surface area contributed by atoms with E-state index in [-0.39, 0.29) is 11.8 Å². The van der Waals surface area contributed by atoms with Crippen LogP contribution in [0.1, 0.15) is 32.3 Å². The molecule has 1 N–H and O–H groups in total. The summed E-state index contributed by atoms with van der Waals surface area (Å²) in [4.78, 5) is 0. The maximum Gasteiger partial charge on any atom is 0.219 e. The van der Waals surface area contributed by atoms with E-state index in [2.05, 4.69) is 18.2 Å². The summed E-state index contributed by atoms with van der Waals surface area (Å²) >= 11 is 0. The lowest BCUT2D eigenvalue weighted by Crippen LogP contribution is -2.74. The van der Waals surface area contributed by atoms with Gasteiger partial charge in [0.15, 0.2) is 10.8 Å². The molecule has 0 saturated carbocycles. The number of rotatable bonds is 2. The Kier molecular flexibility index (Phi) is 3.60. The molecule has 0 amide bonds. The quantitative estimate of drug-likeness (QED) is 0.892. The van der Waals surface area contributed by atoms with Gasteiger partial charge in [0, 0.05) is 6.92 Å². The van der Waals surface area contributed by atoms with Crippen LogP contribution >= 0.6 is 0 Å². The van der Waals surface area contributed by atoms with Crippen molar-refractivity contribution in [2.24, 2.45) is 16.7 Å². The van der Waals surface area contributed by atoms with Gasteiger partial charge in [-0.1, -0.05) is 44.2 Å². The van der Waals surface area contributed by atoms with Crippen LogP contribution in [-0.4, -0.2) is 17.8 Å². The monoisotopic (exact) mass is 334 g/mol. The largest absolute Gasteiger partial charge is 0.447 e. The minimum absolute atomic E-state index is 0.180. The highest BCUT2D eigenvalue weighted by Gasteiger charge is 2.79. The highest BCUT2D eigenvalue weighted by atomic mass is 16.7. The van der Waals surface area contributed by atoms with Gasteiger partial charge in [-0.05, 0) is 11.5 Å². The van der Waals surface area contributed by atoms with Gasteiger partial charge in [0.2, 0.25) is 11.7 Å². The lowest BCUT2D eigenvalue weighted by atomic mass is 9.49. The molecule has 0 aliphatic carbocycles. The molecule has 3 saturated heterocycles. The molecule has 6 heteroatoms. The molecule has 0 aromatic heterocycles. The fourth-order valence-corrected chi connectivity index (χ4v) is 4.30. The van der Waals surface area contributed by atoms with Gasteiger partial charge in [-0.15, -0.1) is 0 Å². The van der Waals surface area contributed by atoms with Crippen molar-refractivity contribution in [1.82, 2.24) is 0 Å². The van der Waals surface area contributed by atoms with E-state index >= 15 is 0 Å². The van der Waals surface area contributed by atoms with Gasteiger partial charge in [-0.3, -0.25) is 5.41 Å². The first-order valence-corrected chi connectivity index (χ1v) is 8.07. The molecular formula is C19H18N4O2. The molecule has 1 aromatic carbocycles. The van der Waals surface area contributed by atoms with Crippen LogP contribution in [0.15, 0.2) is 30.3 Å². The molecule has 126 valence electrons. The Morgan fingerprint density at radius 3 is 2.16 bits per heavy atom. The van der Waals surface area contributed by atoms with E-state index in [9.17, 15) is 15.8 Å². The van der Waals surface area contributed by atoms with Crippen molar-refractivity contribution in [1.29, 1.82) is 21.2 Å². The van der Waals surface area contributed by atoms with Gasteiger partial charge >= 0.3 is 0 Å². The topological polar surface area (TPSA) is 114 Å². The van der Waals surface area contributed by atoms with E-state index in [4.69, 9.17) is 14.9 Å². The molecule has 2 bridgehead atoms. The van der Waals surface area contributed by atoms with Crippen molar-refractivity contribution in [3.05, 3.63) is 35.9 Å². The summed E-state index contributed by atoms with van der Waals surface area (Å²) in [5.74, 6) is -2.74. The Hall–Kier alpha value is -2.88. The highest BCUT2D eigenvalue weighted by Crippen LogP contribution is 2.66. The molecule has 3 heterocycles. The summed E-state index contributed by atoms with van der Waals surface area (Å²) in [6, 6.07) is 15.3. The smallest absolute Gasteiger partial charge is 0.219 e. The van der Waals surface area contributed by atoms with Crippen LogP contribution in [0.3, 0.4) is 0 Å². The molecular weight excluding hydrogens is 316 g/mol. The van der Waals surface area contributed by atoms with Gasteiger partial charge < -0.3 is 9.47 Å². The van der Waals surface area contributed by atoms with Crippen LogP contribution in [0.2, 0.25) is 0 Å². The number of benzene rings is 1. The lowest BCUT2D eigenvalue weighted by Gasteiger charge is -2.62. The van der Waals surface area contributed by atoms with Gasteiger partial charge in [-0.25, -0.2) is 0 Å². The molecule has 1 aromatic rings. The van der Waals surface area contributed by atoms with E-state index in [1.54, 1.807) is 31.2 Å². The molecule has 3 fully saturated rings. The first-order chi connectivity index (χ1) is 11.8. The van der Waals surface area contributed by atoms with Crippen LogP contribution in [0, 0.1) is 56.2 Å². The summed E-state index contributed by atoms with van der Waals surface area (Å²) in [6.07, 6.45) is -0.789. The van der Waals surface area contributed by atoms with Crippen LogP contribution in [0.4, 0.5) is 0 Å². The molecule has 0 radical (unpaired) electrons. The minimum atomic E-state index is -1.79. The third-order valence-electron chi connectivity index (χ3n) is 5.30. The standard InChI is InChI=1S/C19H18N4O2/c1-12(2)15-19(11-22)16(23)25-17(3,24-15)14(18(19,9-20)10-21)13-7-5-4-6-8-13/h4-8,12,14-15,23H,1-3H3/t14-,15+,17+,19+/m1/s1. The third kappa shape index (κ3) is 1.82. The minimum Gasteiger partial charge on any atom is -0.447 e. The number of fused-ring (bicyclic) bond motifs is 3. The van der Waals surface area contributed by atoms with E-state index in [1.807, 2.05) is 19.9 Å². The summed E-state index contributed by atoms with van der Waals surface area (Å²) < 4.78 is 11.8. The van der Waals surface area contributed by atoms with Crippen molar-refractivity contribution in [2.45, 2.75) is 38.6 Å². The molecule has 3 aliphatic rings. The number of nitriles is 3. The number of ether oxygens (including phenoxy) is 2. The molecule has 0 unspecified atom stereocenters. The maximum atomic E-state index is 10.1. The van der Waals surface area contributed by atoms with Gasteiger partial charge in [0.05, 0.1) is 30.2 Å². The summed E-state index contributed by atoms with van der Waals surface area (Å²) in [5, 5.41) is 38.6. The summed E-state index contributed by atoms with van der Waals surface area (Å²) in [5.41, 5.74) is -2.91. The number of nitrogens with zero attached hydrogens (tertiary/aromatic N) is 3. The molecule has 0 spiro atoms. The predicted molar refractivity (Wildman–Crippen MR) is 87.8 cm³/mol. The molecule has 25 heavy (non-hydrogen) atoms. The molecule has 4 rings (SSSR count). The lowest BCUT2D eigenvalue weighted by molar-refractivity contribution is -0.327. The van der Waals surface area contributed by atoms with Crippen LogP contribution in [0.5, 0.6) is 0 Å². The zero-order valence-corrected chi connectivity index (χ0v) is 14.3. The second-order valence-corrected chi connectivity index (χ2v) is 7.02. The van der Waals surface area contributed by atoms with Gasteiger partial charge in [-0.2, -0.15) is 15.8 Å². The second kappa shape index (κ2) is 5.31. The highest BCUT2D eigenvalue weighted by molar-refractivity contribution is 5.89. The fourth-order valence-electron chi connectivity index (χ4n) is 4.30. The molecule has 3 aliphatic heterocycles. The normalized spacial score (nSPS) is 35.3. The summed E-state index contributed by atoms with van der Waals surface area (Å²) in [6.45, 7) is 5.33. The fraction of sp³-hybridized carbons (Fsp3) is 0.474. The van der Waals surface area contributed by atoms with Gasteiger partial charge in [0.1, 0.15) is 0 Å². The maximum absolute atomic E-state index is 10.1. The number of nitrogens with one attached hydrogen (secondary N) is 1. The van der Waals surface area contributed by atoms with Crippen LogP contribution in [-0.2, 0) is 9.47 Å². The average molecular weight is 334 g/mol. The Bertz CT molecular complexity index is 831. The van der Waals surface area contributed by atoms with Crippen molar-refractivity contribution >= 4 is 5.90 Å². The van der Waals surface area contributed by atoms with E-state index in [0.717, 1.165) is 0 Å². The van der Waals surface area contributed by atoms with Crippen LogP contribution < -0.4 is 0 Å². The Morgan fingerprint density at radius 2 is 1.68 bits per heavy atom. The first-order valence-electron chi connectivity index (χ1n) is 8.07. The van der Waals surface area contributed by atoms with Crippen molar-refractivity contribution in [2.75, 3.05) is 0 Å². The zero-order chi connectivity index (χ0) is 18.5. The number of hydrogen-bond donors (Lipinski definition) is 1. The van der Waals surface area contributed by atoms with Crippen LogP contribution in [0.25, 0.3) is 0 Å². The zero-order valence-electron chi connectivity index (χ0n) is 14.3. The first kappa shape index (κ1) is 17.0. The second-order valence-electron chi connectivity index (χ2n) is 7.02. The average Bonchev–Trinajstić information content (AvgIpc) is 2.60. The Labute approximate surface area is 146 Å². The third-order valence-corrected chi connectivity index (χ3v) is 5.30. The van der Waals surface area contributed by atoms with E-state index < -0.39 is 28.6 Å². The Balaban J connectivity index is 2.38. The molecule has 6 nitrogen and oxygen atoms in total. The molecule has 4 atom stereocenters. The predicted octanol–water partition coefficient (Wildman–Crippen LogP) is 3.09. The summed E-state index contributed by atoms with van der Waals surface area (Å²) in [7, 11) is 0. The Morgan fingerprint density at radius 1 is 1.08 bits per heavy atom. The van der Waals surface area contributed by atoms with Crippen molar-refractivity contribution < 1.29 is 9.47 Å². The number of hydrogen-bond acceptors (Lipinski definition) is 6. The SMILES string of the molecule is CC(C)[C@@H]1O[C@@]2(C)OC(=N)[C@@]1(C#N)C(C#N)(C#N)[C@@H]2c1ccccc1. The van der Waals surface area contributed by atoms with Crippen molar-refractivity contribution in [3.63, 3.8) is 0 Å².